The minimum Gasteiger partial charge on any atom is -0.496 e. The van der Waals surface area contributed by atoms with E-state index >= 15 is 0 Å². The number of rotatable bonds is 4. The highest BCUT2D eigenvalue weighted by Gasteiger charge is 2.34. The van der Waals surface area contributed by atoms with E-state index in [0.717, 1.165) is 19.2 Å². The molecule has 0 bridgehead atoms. The Morgan fingerprint density at radius 2 is 2.11 bits per heavy atom. The third kappa shape index (κ3) is 3.36. The average Bonchev–Trinajstić information content (AvgIpc) is 2.27. The fourth-order valence-electron chi connectivity index (χ4n) is 1.44. The second-order valence-electron chi connectivity index (χ2n) is 3.68. The van der Waals surface area contributed by atoms with Gasteiger partial charge in [0.25, 0.3) is 0 Å². The molecule has 0 amide bonds. The number of carboxylic acids is 1. The van der Waals surface area contributed by atoms with Crippen molar-refractivity contribution in [1.82, 2.24) is 0 Å². The lowest BCUT2D eigenvalue weighted by Gasteiger charge is -2.14. The summed E-state index contributed by atoms with van der Waals surface area (Å²) in [6, 6.07) is 2.02. The van der Waals surface area contributed by atoms with Crippen LogP contribution in [0, 0.1) is 0 Å². The zero-order valence-electron chi connectivity index (χ0n) is 9.49. The van der Waals surface area contributed by atoms with E-state index in [0.29, 0.717) is 5.56 Å². The minimum absolute atomic E-state index is 0.0656. The molecule has 7 heteroatoms. The first-order valence-electron chi connectivity index (χ1n) is 4.98. The van der Waals surface area contributed by atoms with Gasteiger partial charge in [0.2, 0.25) is 0 Å². The van der Waals surface area contributed by atoms with Gasteiger partial charge in [-0.15, -0.1) is 0 Å². The molecule has 0 aliphatic rings. The van der Waals surface area contributed by atoms with Gasteiger partial charge in [-0.25, -0.2) is 0 Å². The molecule has 0 heterocycles. The molecule has 4 nitrogen and oxygen atoms in total. The van der Waals surface area contributed by atoms with E-state index < -0.39 is 23.8 Å². The van der Waals surface area contributed by atoms with Gasteiger partial charge in [0.15, 0.2) is 0 Å². The molecule has 1 aromatic carbocycles. The normalized spacial score (nSPS) is 13.2. The number of ether oxygens (including phenoxy) is 1. The predicted octanol–water partition coefficient (Wildman–Crippen LogP) is 1.67. The van der Waals surface area contributed by atoms with Gasteiger partial charge in [-0.05, 0) is 24.1 Å². The lowest BCUT2D eigenvalue weighted by atomic mass is 10.0. The number of halogens is 3. The van der Waals surface area contributed by atoms with E-state index in [2.05, 4.69) is 4.74 Å². The van der Waals surface area contributed by atoms with Gasteiger partial charge < -0.3 is 15.6 Å². The monoisotopic (exact) mass is 263 g/mol. The minimum atomic E-state index is -4.52. The Kier molecular flexibility index (Phi) is 4.18. The zero-order chi connectivity index (χ0) is 13.9. The van der Waals surface area contributed by atoms with E-state index in [1.807, 2.05) is 0 Å². The van der Waals surface area contributed by atoms with Gasteiger partial charge in [0.05, 0.1) is 12.7 Å². The summed E-state index contributed by atoms with van der Waals surface area (Å²) in [7, 11) is 1.12. The first kappa shape index (κ1) is 14.3. The molecular weight excluding hydrogens is 251 g/mol. The maximum atomic E-state index is 12.6. The number of nitrogens with two attached hydrogens (primary N) is 1. The van der Waals surface area contributed by atoms with Gasteiger partial charge in [-0.2, -0.15) is 13.2 Å². The van der Waals surface area contributed by atoms with Crippen LogP contribution in [0.3, 0.4) is 0 Å². The van der Waals surface area contributed by atoms with Gasteiger partial charge in [0, 0.05) is 0 Å². The summed E-state index contributed by atoms with van der Waals surface area (Å²) >= 11 is 0. The van der Waals surface area contributed by atoms with Gasteiger partial charge in [-0.3, -0.25) is 4.79 Å². The molecule has 0 saturated carbocycles. The molecule has 0 spiro atoms. The summed E-state index contributed by atoms with van der Waals surface area (Å²) in [4.78, 5) is 10.5. The van der Waals surface area contributed by atoms with Crippen LogP contribution in [0.5, 0.6) is 5.75 Å². The van der Waals surface area contributed by atoms with Crippen molar-refractivity contribution in [2.45, 2.75) is 18.6 Å². The largest absolute Gasteiger partial charge is 0.496 e. The summed E-state index contributed by atoms with van der Waals surface area (Å²) in [5.41, 5.74) is 4.77. The van der Waals surface area contributed by atoms with Crippen LogP contribution in [-0.4, -0.2) is 24.2 Å². The van der Waals surface area contributed by atoms with Gasteiger partial charge in [0.1, 0.15) is 11.8 Å². The number of carbonyl (C=O) groups is 1. The number of aliphatic carboxylic acids is 1. The van der Waals surface area contributed by atoms with Crippen molar-refractivity contribution in [3.05, 3.63) is 29.3 Å². The maximum Gasteiger partial charge on any atom is 0.419 e. The van der Waals surface area contributed by atoms with Crippen LogP contribution >= 0.6 is 0 Å². The highest BCUT2D eigenvalue weighted by molar-refractivity contribution is 5.73. The Balaban J connectivity index is 3.03. The molecule has 1 unspecified atom stereocenters. The molecule has 1 atom stereocenters. The molecular formula is C11H12F3NO3. The summed E-state index contributed by atoms with van der Waals surface area (Å²) < 4.78 is 42.3. The summed E-state index contributed by atoms with van der Waals surface area (Å²) in [6.07, 6.45) is -4.58. The van der Waals surface area contributed by atoms with Gasteiger partial charge in [-0.1, -0.05) is 6.07 Å². The Bertz CT molecular complexity index is 446. The average molecular weight is 263 g/mol. The lowest BCUT2D eigenvalue weighted by Crippen LogP contribution is -2.32. The molecule has 18 heavy (non-hydrogen) atoms. The Morgan fingerprint density at radius 3 is 2.56 bits per heavy atom. The Hall–Kier alpha value is -1.76. The van der Waals surface area contributed by atoms with Crippen LogP contribution < -0.4 is 10.5 Å². The van der Waals surface area contributed by atoms with Crippen LogP contribution in [0.1, 0.15) is 11.1 Å². The third-order valence-electron chi connectivity index (χ3n) is 2.34. The van der Waals surface area contributed by atoms with Crippen molar-refractivity contribution in [1.29, 1.82) is 0 Å². The van der Waals surface area contributed by atoms with E-state index in [1.54, 1.807) is 0 Å². The number of methoxy groups -OCH3 is 1. The second kappa shape index (κ2) is 5.26. The van der Waals surface area contributed by atoms with E-state index in [9.17, 15) is 18.0 Å². The fourth-order valence-corrected chi connectivity index (χ4v) is 1.44. The summed E-state index contributed by atoms with van der Waals surface area (Å²) in [5.74, 6) is -1.56. The smallest absolute Gasteiger partial charge is 0.419 e. The number of hydrogen-bond acceptors (Lipinski definition) is 3. The van der Waals surface area contributed by atoms with Gasteiger partial charge >= 0.3 is 12.1 Å². The molecule has 0 fully saturated rings. The molecule has 0 radical (unpaired) electrons. The van der Waals surface area contributed by atoms with Crippen LogP contribution in [0.2, 0.25) is 0 Å². The van der Waals surface area contributed by atoms with E-state index in [1.165, 1.54) is 6.07 Å². The molecule has 3 N–H and O–H groups in total. The Morgan fingerprint density at radius 1 is 1.50 bits per heavy atom. The quantitative estimate of drug-likeness (QED) is 0.866. The van der Waals surface area contributed by atoms with E-state index in [-0.39, 0.29) is 12.2 Å². The molecule has 0 aliphatic carbocycles. The molecule has 0 aromatic heterocycles. The second-order valence-corrected chi connectivity index (χ2v) is 3.68. The number of alkyl halides is 3. The Labute approximate surface area is 101 Å². The highest BCUT2D eigenvalue weighted by Crippen LogP contribution is 2.36. The van der Waals surface area contributed by atoms with E-state index in [4.69, 9.17) is 10.8 Å². The fraction of sp³-hybridized carbons (Fsp3) is 0.364. The zero-order valence-corrected chi connectivity index (χ0v) is 9.49. The molecule has 1 aromatic rings. The first-order chi connectivity index (χ1) is 8.25. The van der Waals surface area contributed by atoms with Crippen LogP contribution in [0.25, 0.3) is 0 Å². The third-order valence-corrected chi connectivity index (χ3v) is 2.34. The highest BCUT2D eigenvalue weighted by atomic mass is 19.4. The van der Waals surface area contributed by atoms with Crippen LogP contribution in [0.4, 0.5) is 13.2 Å². The summed E-state index contributed by atoms with van der Waals surface area (Å²) in [5, 5.41) is 8.62. The number of carboxylic acid groups (broad SMARTS) is 1. The SMILES string of the molecule is COc1cc(CC(N)C(=O)O)ccc1C(F)(F)F. The summed E-state index contributed by atoms with van der Waals surface area (Å²) in [6.45, 7) is 0. The van der Waals surface area contributed by atoms with Crippen molar-refractivity contribution in [2.75, 3.05) is 7.11 Å². The lowest BCUT2D eigenvalue weighted by molar-refractivity contribution is -0.139. The molecule has 100 valence electrons. The van der Waals surface area contributed by atoms with Crippen molar-refractivity contribution in [3.63, 3.8) is 0 Å². The molecule has 1 rings (SSSR count). The van der Waals surface area contributed by atoms with Crippen molar-refractivity contribution in [3.8, 4) is 5.75 Å². The topological polar surface area (TPSA) is 72.5 Å². The number of hydrogen-bond donors (Lipinski definition) is 2. The first-order valence-corrected chi connectivity index (χ1v) is 4.98. The number of benzene rings is 1. The maximum absolute atomic E-state index is 12.6. The molecule has 0 saturated heterocycles. The van der Waals surface area contributed by atoms with Crippen molar-refractivity contribution in [2.24, 2.45) is 5.73 Å². The van der Waals surface area contributed by atoms with Crippen molar-refractivity contribution >= 4 is 5.97 Å². The predicted molar refractivity (Wildman–Crippen MR) is 57.3 cm³/mol. The van der Waals surface area contributed by atoms with Crippen molar-refractivity contribution < 1.29 is 27.8 Å². The van der Waals surface area contributed by atoms with Crippen LogP contribution in [0.15, 0.2) is 18.2 Å². The molecule has 0 aliphatic heterocycles. The van der Waals surface area contributed by atoms with Crippen LogP contribution in [-0.2, 0) is 17.4 Å². The standard InChI is InChI=1S/C11H12F3NO3/c1-18-9-5-6(4-8(15)10(16)17)2-3-7(9)11(12,13)14/h2-3,5,8H,4,15H2,1H3,(H,16,17).